The van der Waals surface area contributed by atoms with Gasteiger partial charge in [-0.1, -0.05) is 11.6 Å². The molecule has 1 aromatic rings. The molecule has 0 atom stereocenters. The van der Waals surface area contributed by atoms with E-state index in [0.717, 1.165) is 6.42 Å². The lowest BCUT2D eigenvalue weighted by molar-refractivity contribution is -0.128. The van der Waals surface area contributed by atoms with E-state index in [9.17, 15) is 9.59 Å². The van der Waals surface area contributed by atoms with E-state index < -0.39 is 0 Å². The summed E-state index contributed by atoms with van der Waals surface area (Å²) in [4.78, 5) is 27.4. The third-order valence-electron chi connectivity index (χ3n) is 3.94. The van der Waals surface area contributed by atoms with Gasteiger partial charge in [-0.3, -0.25) is 4.79 Å². The summed E-state index contributed by atoms with van der Waals surface area (Å²) in [5.74, 6) is 0.962. The number of halogens is 1. The van der Waals surface area contributed by atoms with Crippen LogP contribution in [-0.2, 0) is 4.79 Å². The largest absolute Gasteiger partial charge is 0.495 e. The van der Waals surface area contributed by atoms with Crippen LogP contribution in [0.3, 0.4) is 0 Å². The molecule has 0 spiro atoms. The third kappa shape index (κ3) is 4.23. The van der Waals surface area contributed by atoms with Crippen molar-refractivity contribution in [2.45, 2.75) is 13.3 Å². The maximum Gasteiger partial charge on any atom is 0.322 e. The van der Waals surface area contributed by atoms with E-state index in [4.69, 9.17) is 21.1 Å². The molecular weight excluding hydrogens is 334 g/mol. The molecule has 0 unspecified atom stereocenters. The average Bonchev–Trinajstić information content (AvgIpc) is 2.81. The highest BCUT2D eigenvalue weighted by molar-refractivity contribution is 6.32. The van der Waals surface area contributed by atoms with Gasteiger partial charge in [0.15, 0.2) is 0 Å². The van der Waals surface area contributed by atoms with E-state index in [1.165, 1.54) is 14.2 Å². The van der Waals surface area contributed by atoms with Crippen LogP contribution in [0, 0.1) is 0 Å². The fourth-order valence-corrected chi connectivity index (χ4v) is 2.83. The molecule has 7 nitrogen and oxygen atoms in total. The molecule has 2 rings (SSSR count). The minimum Gasteiger partial charge on any atom is -0.495 e. The number of carbonyl (C=O) groups is 2. The van der Waals surface area contributed by atoms with Crippen molar-refractivity contribution in [3.05, 3.63) is 17.2 Å². The van der Waals surface area contributed by atoms with Crippen LogP contribution in [0.5, 0.6) is 11.5 Å². The Morgan fingerprint density at radius 3 is 2.29 bits per heavy atom. The lowest BCUT2D eigenvalue weighted by Gasteiger charge is -2.22. The minimum absolute atomic E-state index is 0.0286. The third-order valence-corrected chi connectivity index (χ3v) is 4.24. The lowest BCUT2D eigenvalue weighted by Crippen LogP contribution is -2.38. The topological polar surface area (TPSA) is 71.1 Å². The molecule has 0 saturated carbocycles. The van der Waals surface area contributed by atoms with Crippen LogP contribution in [0.1, 0.15) is 13.3 Å². The first-order valence-corrected chi connectivity index (χ1v) is 8.07. The van der Waals surface area contributed by atoms with Gasteiger partial charge < -0.3 is 24.6 Å². The monoisotopic (exact) mass is 355 g/mol. The molecule has 1 aliphatic rings. The standard InChI is InChI=1S/C16H22ClN3O4/c1-11(21)19-5-4-6-20(8-7-19)16(22)18-13-9-12(17)14(23-2)10-15(13)24-3/h9-10H,4-8H2,1-3H3,(H,18,22). The van der Waals surface area contributed by atoms with Crippen molar-refractivity contribution in [2.24, 2.45) is 0 Å². The lowest BCUT2D eigenvalue weighted by atomic mass is 10.2. The molecule has 24 heavy (non-hydrogen) atoms. The van der Waals surface area contributed by atoms with Crippen LogP contribution in [-0.4, -0.2) is 62.1 Å². The van der Waals surface area contributed by atoms with Crippen molar-refractivity contribution in [3.8, 4) is 11.5 Å². The maximum absolute atomic E-state index is 12.5. The van der Waals surface area contributed by atoms with Gasteiger partial charge >= 0.3 is 6.03 Å². The van der Waals surface area contributed by atoms with Gasteiger partial charge in [-0.05, 0) is 12.5 Å². The van der Waals surface area contributed by atoms with Crippen LogP contribution in [0.15, 0.2) is 12.1 Å². The molecule has 1 saturated heterocycles. The average molecular weight is 356 g/mol. The summed E-state index contributed by atoms with van der Waals surface area (Å²) in [6.45, 7) is 3.80. The molecule has 0 radical (unpaired) electrons. The first-order valence-electron chi connectivity index (χ1n) is 7.69. The summed E-state index contributed by atoms with van der Waals surface area (Å²) >= 11 is 6.12. The fraction of sp³-hybridized carbons (Fsp3) is 0.500. The number of urea groups is 1. The molecule has 0 bridgehead atoms. The number of methoxy groups -OCH3 is 2. The van der Waals surface area contributed by atoms with Gasteiger partial charge in [0.2, 0.25) is 5.91 Å². The molecule has 8 heteroatoms. The zero-order valence-electron chi connectivity index (χ0n) is 14.1. The van der Waals surface area contributed by atoms with Crippen LogP contribution < -0.4 is 14.8 Å². The van der Waals surface area contributed by atoms with Crippen molar-refractivity contribution in [2.75, 3.05) is 45.7 Å². The summed E-state index contributed by atoms with van der Waals surface area (Å²) in [6.07, 6.45) is 0.744. The molecule has 1 fully saturated rings. The summed E-state index contributed by atoms with van der Waals surface area (Å²) in [6, 6.07) is 2.97. The molecule has 3 amide bonds. The molecule has 1 aromatic carbocycles. The van der Waals surface area contributed by atoms with Crippen LogP contribution in [0.2, 0.25) is 5.02 Å². The second-order valence-electron chi connectivity index (χ2n) is 5.46. The number of ether oxygens (including phenoxy) is 2. The zero-order chi connectivity index (χ0) is 17.7. The molecule has 0 aliphatic carbocycles. The first kappa shape index (κ1) is 18.2. The van der Waals surface area contributed by atoms with Gasteiger partial charge in [-0.25, -0.2) is 4.79 Å². The normalized spacial score (nSPS) is 14.8. The summed E-state index contributed by atoms with van der Waals surface area (Å²) in [5, 5.41) is 3.20. The molecule has 1 heterocycles. The van der Waals surface area contributed by atoms with E-state index in [-0.39, 0.29) is 11.9 Å². The highest BCUT2D eigenvalue weighted by Gasteiger charge is 2.21. The Balaban J connectivity index is 2.09. The molecule has 0 aromatic heterocycles. The SMILES string of the molecule is COc1cc(OC)c(NC(=O)N2CCCN(C(C)=O)CC2)cc1Cl. The van der Waals surface area contributed by atoms with Gasteiger partial charge in [0.05, 0.1) is 24.9 Å². The van der Waals surface area contributed by atoms with Crippen molar-refractivity contribution in [1.29, 1.82) is 0 Å². The molecule has 1 N–H and O–H groups in total. The number of hydrogen-bond acceptors (Lipinski definition) is 4. The van der Waals surface area contributed by atoms with Crippen LogP contribution in [0.25, 0.3) is 0 Å². The summed E-state index contributed by atoms with van der Waals surface area (Å²) < 4.78 is 10.4. The van der Waals surface area contributed by atoms with Gasteiger partial charge in [-0.15, -0.1) is 0 Å². The zero-order valence-corrected chi connectivity index (χ0v) is 14.9. The van der Waals surface area contributed by atoms with Crippen molar-refractivity contribution >= 4 is 29.2 Å². The quantitative estimate of drug-likeness (QED) is 0.904. The van der Waals surface area contributed by atoms with E-state index in [0.29, 0.717) is 48.4 Å². The Kier molecular flexibility index (Phi) is 6.14. The number of hydrogen-bond donors (Lipinski definition) is 1. The predicted molar refractivity (Wildman–Crippen MR) is 92.0 cm³/mol. The Hall–Kier alpha value is -2.15. The molecular formula is C16H22ClN3O4. The van der Waals surface area contributed by atoms with Crippen molar-refractivity contribution < 1.29 is 19.1 Å². The predicted octanol–water partition coefficient (Wildman–Crippen LogP) is 2.44. The minimum atomic E-state index is -0.250. The van der Waals surface area contributed by atoms with Crippen LogP contribution >= 0.6 is 11.6 Å². The van der Waals surface area contributed by atoms with Gasteiger partial charge in [0, 0.05) is 39.2 Å². The van der Waals surface area contributed by atoms with Crippen molar-refractivity contribution in [3.63, 3.8) is 0 Å². The Labute approximate surface area is 146 Å². The van der Waals surface area contributed by atoms with E-state index >= 15 is 0 Å². The smallest absolute Gasteiger partial charge is 0.322 e. The van der Waals surface area contributed by atoms with E-state index in [2.05, 4.69) is 5.32 Å². The number of carbonyl (C=O) groups excluding carboxylic acids is 2. The Morgan fingerprint density at radius 2 is 1.67 bits per heavy atom. The second kappa shape index (κ2) is 8.10. The Morgan fingerprint density at radius 1 is 1.04 bits per heavy atom. The molecule has 132 valence electrons. The Bertz CT molecular complexity index is 624. The highest BCUT2D eigenvalue weighted by atomic mass is 35.5. The van der Waals surface area contributed by atoms with Gasteiger partial charge in [0.25, 0.3) is 0 Å². The van der Waals surface area contributed by atoms with E-state index in [1.807, 2.05) is 0 Å². The number of benzene rings is 1. The first-order chi connectivity index (χ1) is 11.5. The number of rotatable bonds is 3. The number of nitrogens with one attached hydrogen (secondary N) is 1. The van der Waals surface area contributed by atoms with Crippen molar-refractivity contribution in [1.82, 2.24) is 9.80 Å². The maximum atomic E-state index is 12.5. The number of amides is 3. The number of nitrogens with zero attached hydrogens (tertiary/aromatic N) is 2. The fourth-order valence-electron chi connectivity index (χ4n) is 2.59. The van der Waals surface area contributed by atoms with E-state index in [1.54, 1.807) is 28.9 Å². The second-order valence-corrected chi connectivity index (χ2v) is 5.87. The number of anilines is 1. The summed E-state index contributed by atoms with van der Waals surface area (Å²) in [7, 11) is 3.02. The highest BCUT2D eigenvalue weighted by Crippen LogP contribution is 2.36. The van der Waals surface area contributed by atoms with Gasteiger partial charge in [-0.2, -0.15) is 0 Å². The van der Waals surface area contributed by atoms with Crippen LogP contribution in [0.4, 0.5) is 10.5 Å². The van der Waals surface area contributed by atoms with Gasteiger partial charge in [0.1, 0.15) is 11.5 Å². The summed E-state index contributed by atoms with van der Waals surface area (Å²) in [5.41, 5.74) is 0.473. The molecule has 1 aliphatic heterocycles.